The molecule has 1 aromatic rings. The molecule has 0 saturated carbocycles. The smallest absolute Gasteiger partial charge is 0.269 e. The van der Waals surface area contributed by atoms with Crippen LogP contribution in [0.3, 0.4) is 0 Å². The summed E-state index contributed by atoms with van der Waals surface area (Å²) in [7, 11) is 3.13. The van der Waals surface area contributed by atoms with Crippen molar-refractivity contribution in [2.24, 2.45) is 0 Å². The SMILES string of the molecule is CNC(=O)c1cc(CNCC2CCC(=O)N2)c(OC)cn1. The lowest BCUT2D eigenvalue weighted by molar-refractivity contribution is -0.119. The number of methoxy groups -OCH3 is 1. The highest BCUT2D eigenvalue weighted by atomic mass is 16.5. The third-order valence-electron chi connectivity index (χ3n) is 3.42. The number of nitrogens with zero attached hydrogens (tertiary/aromatic N) is 1. The van der Waals surface area contributed by atoms with Gasteiger partial charge in [-0.05, 0) is 12.5 Å². The second kappa shape index (κ2) is 7.03. The lowest BCUT2D eigenvalue weighted by Gasteiger charge is -2.13. The number of rotatable bonds is 6. The zero-order chi connectivity index (χ0) is 15.2. The van der Waals surface area contributed by atoms with Crippen molar-refractivity contribution in [3.05, 3.63) is 23.5 Å². The molecule has 2 heterocycles. The van der Waals surface area contributed by atoms with Gasteiger partial charge >= 0.3 is 0 Å². The zero-order valence-electron chi connectivity index (χ0n) is 12.2. The quantitative estimate of drug-likeness (QED) is 0.676. The number of amides is 2. The number of aromatic nitrogens is 1. The fraction of sp³-hybridized carbons (Fsp3) is 0.500. The predicted octanol–water partition coefficient (Wildman–Crippen LogP) is -0.182. The Hall–Kier alpha value is -2.15. The van der Waals surface area contributed by atoms with Crippen molar-refractivity contribution in [1.82, 2.24) is 20.9 Å². The summed E-state index contributed by atoms with van der Waals surface area (Å²) in [5.74, 6) is 0.498. The molecule has 1 fully saturated rings. The minimum atomic E-state index is -0.234. The Morgan fingerprint density at radius 3 is 3.00 bits per heavy atom. The third-order valence-corrected chi connectivity index (χ3v) is 3.42. The van der Waals surface area contributed by atoms with Crippen molar-refractivity contribution >= 4 is 11.8 Å². The van der Waals surface area contributed by atoms with E-state index in [-0.39, 0.29) is 17.9 Å². The highest BCUT2D eigenvalue weighted by Crippen LogP contribution is 2.17. The van der Waals surface area contributed by atoms with Gasteiger partial charge in [-0.15, -0.1) is 0 Å². The van der Waals surface area contributed by atoms with Crippen molar-refractivity contribution in [2.75, 3.05) is 20.7 Å². The zero-order valence-corrected chi connectivity index (χ0v) is 12.2. The van der Waals surface area contributed by atoms with Crippen LogP contribution in [0.15, 0.2) is 12.3 Å². The lowest BCUT2D eigenvalue weighted by Crippen LogP contribution is -2.35. The molecular weight excluding hydrogens is 272 g/mol. The number of hydrogen-bond donors (Lipinski definition) is 3. The molecule has 7 nitrogen and oxygen atoms in total. The largest absolute Gasteiger partial charge is 0.495 e. The van der Waals surface area contributed by atoms with E-state index in [0.29, 0.717) is 31.0 Å². The molecule has 114 valence electrons. The molecule has 2 rings (SSSR count). The van der Waals surface area contributed by atoms with E-state index >= 15 is 0 Å². The minimum absolute atomic E-state index is 0.102. The topological polar surface area (TPSA) is 92.4 Å². The molecule has 0 radical (unpaired) electrons. The second-order valence-corrected chi connectivity index (χ2v) is 4.89. The molecule has 1 aromatic heterocycles. The van der Waals surface area contributed by atoms with Gasteiger partial charge in [-0.3, -0.25) is 9.59 Å². The number of carbonyl (C=O) groups is 2. The van der Waals surface area contributed by atoms with Crippen LogP contribution in [0.5, 0.6) is 5.75 Å². The van der Waals surface area contributed by atoms with Crippen molar-refractivity contribution in [3.8, 4) is 5.75 Å². The van der Waals surface area contributed by atoms with E-state index < -0.39 is 0 Å². The molecule has 3 N–H and O–H groups in total. The van der Waals surface area contributed by atoms with E-state index in [2.05, 4.69) is 20.9 Å². The lowest BCUT2D eigenvalue weighted by atomic mass is 10.2. The Kier molecular flexibility index (Phi) is 5.10. The van der Waals surface area contributed by atoms with Gasteiger partial charge < -0.3 is 20.7 Å². The average Bonchev–Trinajstić information content (AvgIpc) is 2.91. The maximum Gasteiger partial charge on any atom is 0.269 e. The van der Waals surface area contributed by atoms with Crippen molar-refractivity contribution in [2.45, 2.75) is 25.4 Å². The molecule has 0 aliphatic carbocycles. The van der Waals surface area contributed by atoms with Gasteiger partial charge in [-0.2, -0.15) is 0 Å². The van der Waals surface area contributed by atoms with Crippen LogP contribution in [0.2, 0.25) is 0 Å². The summed E-state index contributed by atoms with van der Waals surface area (Å²) in [6.07, 6.45) is 2.98. The molecule has 0 bridgehead atoms. The van der Waals surface area contributed by atoms with E-state index in [1.165, 1.54) is 0 Å². The molecule has 21 heavy (non-hydrogen) atoms. The van der Waals surface area contributed by atoms with E-state index in [1.807, 2.05) is 0 Å². The third kappa shape index (κ3) is 3.91. The van der Waals surface area contributed by atoms with Gasteiger partial charge in [-0.1, -0.05) is 0 Å². The van der Waals surface area contributed by atoms with E-state index in [4.69, 9.17) is 4.74 Å². The Morgan fingerprint density at radius 2 is 2.38 bits per heavy atom. The predicted molar refractivity (Wildman–Crippen MR) is 77.1 cm³/mol. The molecular formula is C14H20N4O3. The standard InChI is InChI=1S/C14H20N4O3/c1-15-14(20)11-5-9(12(21-2)8-17-11)6-16-7-10-3-4-13(19)18-10/h5,8,10,16H,3-4,6-7H2,1-2H3,(H,15,20)(H,18,19). The van der Waals surface area contributed by atoms with Crippen LogP contribution in [0.1, 0.15) is 28.9 Å². The van der Waals surface area contributed by atoms with Crippen molar-refractivity contribution < 1.29 is 14.3 Å². The molecule has 1 saturated heterocycles. The van der Waals surface area contributed by atoms with Crippen LogP contribution in [0, 0.1) is 0 Å². The van der Waals surface area contributed by atoms with Gasteiger partial charge in [0.15, 0.2) is 0 Å². The van der Waals surface area contributed by atoms with Gasteiger partial charge in [0, 0.05) is 38.2 Å². The Morgan fingerprint density at radius 1 is 1.57 bits per heavy atom. The van der Waals surface area contributed by atoms with E-state index in [1.54, 1.807) is 26.4 Å². The van der Waals surface area contributed by atoms with Gasteiger partial charge in [0.2, 0.25) is 5.91 Å². The summed E-state index contributed by atoms with van der Waals surface area (Å²) < 4.78 is 5.25. The highest BCUT2D eigenvalue weighted by Gasteiger charge is 2.20. The first-order valence-electron chi connectivity index (χ1n) is 6.89. The summed E-state index contributed by atoms with van der Waals surface area (Å²) in [4.78, 5) is 26.8. The number of hydrogen-bond acceptors (Lipinski definition) is 5. The maximum absolute atomic E-state index is 11.6. The van der Waals surface area contributed by atoms with Gasteiger partial charge in [0.25, 0.3) is 5.91 Å². The Labute approximate surface area is 123 Å². The highest BCUT2D eigenvalue weighted by molar-refractivity contribution is 5.92. The van der Waals surface area contributed by atoms with Crippen molar-refractivity contribution in [3.63, 3.8) is 0 Å². The fourth-order valence-electron chi connectivity index (χ4n) is 2.27. The normalized spacial score (nSPS) is 17.4. The monoisotopic (exact) mass is 292 g/mol. The first kappa shape index (κ1) is 15.2. The number of ether oxygens (including phenoxy) is 1. The van der Waals surface area contributed by atoms with Gasteiger partial charge in [0.1, 0.15) is 11.4 Å². The molecule has 0 spiro atoms. The van der Waals surface area contributed by atoms with Crippen LogP contribution in [0.25, 0.3) is 0 Å². The summed E-state index contributed by atoms with van der Waals surface area (Å²) in [5, 5.41) is 8.71. The first-order chi connectivity index (χ1) is 10.1. The minimum Gasteiger partial charge on any atom is -0.495 e. The summed E-state index contributed by atoms with van der Waals surface area (Å²) in [6.45, 7) is 1.23. The van der Waals surface area contributed by atoms with Crippen LogP contribution in [0.4, 0.5) is 0 Å². The Bertz CT molecular complexity index is 533. The van der Waals surface area contributed by atoms with E-state index in [9.17, 15) is 9.59 Å². The number of carbonyl (C=O) groups excluding carboxylic acids is 2. The molecule has 1 unspecified atom stereocenters. The molecule has 7 heteroatoms. The average molecular weight is 292 g/mol. The number of nitrogens with one attached hydrogen (secondary N) is 3. The van der Waals surface area contributed by atoms with Crippen molar-refractivity contribution in [1.29, 1.82) is 0 Å². The summed E-state index contributed by atoms with van der Waals surface area (Å²) in [6, 6.07) is 1.88. The molecule has 1 aliphatic rings. The molecule has 2 amide bonds. The molecule has 0 aromatic carbocycles. The second-order valence-electron chi connectivity index (χ2n) is 4.89. The van der Waals surface area contributed by atoms with Gasteiger partial charge in [0.05, 0.1) is 13.3 Å². The first-order valence-corrected chi connectivity index (χ1v) is 6.89. The summed E-state index contributed by atoms with van der Waals surface area (Å²) in [5.41, 5.74) is 1.21. The fourth-order valence-corrected chi connectivity index (χ4v) is 2.27. The van der Waals surface area contributed by atoms with Crippen LogP contribution in [-0.2, 0) is 11.3 Å². The van der Waals surface area contributed by atoms with E-state index in [0.717, 1.165) is 12.0 Å². The summed E-state index contributed by atoms with van der Waals surface area (Å²) >= 11 is 0. The maximum atomic E-state index is 11.6. The van der Waals surface area contributed by atoms with Crippen LogP contribution >= 0.6 is 0 Å². The van der Waals surface area contributed by atoms with Gasteiger partial charge in [-0.25, -0.2) is 4.98 Å². The molecule has 1 aliphatic heterocycles. The Balaban J connectivity index is 1.97. The number of pyridine rings is 1. The van der Waals surface area contributed by atoms with Crippen LogP contribution in [-0.4, -0.2) is 43.5 Å². The van der Waals surface area contributed by atoms with Crippen LogP contribution < -0.4 is 20.7 Å². The molecule has 1 atom stereocenters.